The van der Waals surface area contributed by atoms with Crippen molar-refractivity contribution in [1.29, 1.82) is 5.26 Å². The SMILES string of the molecule is N#CN1CCC[C@H]1c1cc(C(=O)Nc2ccccn2)ccc1N. The summed E-state index contributed by atoms with van der Waals surface area (Å²) in [5.74, 6) is 0.252. The summed E-state index contributed by atoms with van der Waals surface area (Å²) in [6.07, 6.45) is 5.62. The zero-order valence-electron chi connectivity index (χ0n) is 12.6. The van der Waals surface area contributed by atoms with E-state index in [-0.39, 0.29) is 11.9 Å². The molecular formula is C17H17N5O. The number of hydrogen-bond acceptors (Lipinski definition) is 5. The van der Waals surface area contributed by atoms with E-state index in [1.807, 2.05) is 0 Å². The van der Waals surface area contributed by atoms with E-state index in [0.717, 1.165) is 24.9 Å². The zero-order valence-corrected chi connectivity index (χ0v) is 12.6. The molecule has 1 aromatic carbocycles. The Labute approximate surface area is 134 Å². The average molecular weight is 307 g/mol. The molecule has 6 nitrogen and oxygen atoms in total. The molecule has 6 heteroatoms. The fourth-order valence-electron chi connectivity index (χ4n) is 2.84. The fraction of sp³-hybridized carbons (Fsp3) is 0.235. The summed E-state index contributed by atoms with van der Waals surface area (Å²) in [5, 5.41) is 12.0. The largest absolute Gasteiger partial charge is 0.398 e. The first-order chi connectivity index (χ1) is 11.2. The topological polar surface area (TPSA) is 95.0 Å². The molecule has 0 aliphatic carbocycles. The number of nitrogens with one attached hydrogen (secondary N) is 1. The lowest BCUT2D eigenvalue weighted by atomic mass is 9.99. The minimum absolute atomic E-state index is 0.0531. The Kier molecular flexibility index (Phi) is 4.11. The first-order valence-electron chi connectivity index (χ1n) is 7.47. The molecule has 2 aromatic rings. The summed E-state index contributed by atoms with van der Waals surface area (Å²) >= 11 is 0. The average Bonchev–Trinajstić information content (AvgIpc) is 3.04. The molecule has 1 saturated heterocycles. The van der Waals surface area contributed by atoms with Gasteiger partial charge in [0, 0.05) is 24.0 Å². The molecule has 1 aliphatic rings. The summed E-state index contributed by atoms with van der Waals surface area (Å²) in [7, 11) is 0. The van der Waals surface area contributed by atoms with Crippen LogP contribution in [0, 0.1) is 11.5 Å². The van der Waals surface area contributed by atoms with Gasteiger partial charge in [0.1, 0.15) is 5.82 Å². The number of benzene rings is 1. The van der Waals surface area contributed by atoms with Crippen molar-refractivity contribution < 1.29 is 4.79 Å². The molecule has 0 spiro atoms. The Morgan fingerprint density at radius 3 is 3.00 bits per heavy atom. The number of aromatic nitrogens is 1. The fourth-order valence-corrected chi connectivity index (χ4v) is 2.84. The van der Waals surface area contributed by atoms with Gasteiger partial charge in [-0.05, 0) is 48.7 Å². The minimum Gasteiger partial charge on any atom is -0.398 e. The number of likely N-dealkylation sites (tertiary alicyclic amines) is 1. The van der Waals surface area contributed by atoms with Crippen LogP contribution in [-0.2, 0) is 0 Å². The molecule has 23 heavy (non-hydrogen) atoms. The maximum absolute atomic E-state index is 12.4. The molecule has 0 radical (unpaired) electrons. The van der Waals surface area contributed by atoms with Crippen molar-refractivity contribution in [2.24, 2.45) is 0 Å². The number of pyridine rings is 1. The van der Waals surface area contributed by atoms with Gasteiger partial charge in [0.05, 0.1) is 6.04 Å². The first-order valence-corrected chi connectivity index (χ1v) is 7.47. The molecule has 2 heterocycles. The van der Waals surface area contributed by atoms with E-state index in [1.165, 1.54) is 0 Å². The third-order valence-electron chi connectivity index (χ3n) is 4.00. The maximum Gasteiger partial charge on any atom is 0.256 e. The minimum atomic E-state index is -0.244. The Hall–Kier alpha value is -3.07. The van der Waals surface area contributed by atoms with E-state index in [1.54, 1.807) is 47.5 Å². The number of carbonyl (C=O) groups excluding carboxylic acids is 1. The quantitative estimate of drug-likeness (QED) is 0.671. The molecule has 1 amide bonds. The predicted octanol–water partition coefficient (Wildman–Crippen LogP) is 2.53. The molecule has 1 aliphatic heterocycles. The highest BCUT2D eigenvalue weighted by molar-refractivity contribution is 6.04. The van der Waals surface area contributed by atoms with Crippen LogP contribution in [0.1, 0.15) is 34.8 Å². The van der Waals surface area contributed by atoms with Gasteiger partial charge in [-0.25, -0.2) is 4.98 Å². The van der Waals surface area contributed by atoms with Crippen LogP contribution in [-0.4, -0.2) is 22.3 Å². The van der Waals surface area contributed by atoms with Gasteiger partial charge in [0.25, 0.3) is 5.91 Å². The molecule has 0 unspecified atom stereocenters. The smallest absolute Gasteiger partial charge is 0.256 e. The van der Waals surface area contributed by atoms with Gasteiger partial charge < -0.3 is 16.0 Å². The lowest BCUT2D eigenvalue weighted by Crippen LogP contribution is -2.19. The van der Waals surface area contributed by atoms with E-state index < -0.39 is 0 Å². The summed E-state index contributed by atoms with van der Waals surface area (Å²) in [6.45, 7) is 0.727. The highest BCUT2D eigenvalue weighted by Crippen LogP contribution is 2.34. The second kappa shape index (κ2) is 6.36. The Morgan fingerprint density at radius 2 is 2.26 bits per heavy atom. The highest BCUT2D eigenvalue weighted by Gasteiger charge is 2.27. The number of nitrogens with zero attached hydrogens (tertiary/aromatic N) is 3. The number of carbonyl (C=O) groups is 1. The van der Waals surface area contributed by atoms with Crippen LogP contribution in [0.3, 0.4) is 0 Å². The normalized spacial score (nSPS) is 16.8. The molecular weight excluding hydrogens is 290 g/mol. The zero-order chi connectivity index (χ0) is 16.2. The molecule has 3 N–H and O–H groups in total. The number of nitriles is 1. The molecule has 1 aromatic heterocycles. The summed E-state index contributed by atoms with van der Waals surface area (Å²) in [6, 6.07) is 10.4. The summed E-state index contributed by atoms with van der Waals surface area (Å²) in [5.41, 5.74) is 8.00. The van der Waals surface area contributed by atoms with Crippen molar-refractivity contribution >= 4 is 17.4 Å². The van der Waals surface area contributed by atoms with Crippen LogP contribution in [0.2, 0.25) is 0 Å². The van der Waals surface area contributed by atoms with Gasteiger partial charge in [-0.3, -0.25) is 4.79 Å². The molecule has 116 valence electrons. The van der Waals surface area contributed by atoms with Gasteiger partial charge in [0.15, 0.2) is 6.19 Å². The van der Waals surface area contributed by atoms with Crippen molar-refractivity contribution in [1.82, 2.24) is 9.88 Å². The van der Waals surface area contributed by atoms with Gasteiger partial charge in [-0.1, -0.05) is 6.07 Å². The van der Waals surface area contributed by atoms with Gasteiger partial charge in [-0.15, -0.1) is 0 Å². The predicted molar refractivity (Wildman–Crippen MR) is 87.3 cm³/mol. The van der Waals surface area contributed by atoms with Crippen LogP contribution < -0.4 is 11.1 Å². The van der Waals surface area contributed by atoms with Crippen molar-refractivity contribution in [3.63, 3.8) is 0 Å². The molecule has 0 saturated carbocycles. The molecule has 0 bridgehead atoms. The van der Waals surface area contributed by atoms with E-state index in [0.29, 0.717) is 17.1 Å². The number of nitrogens with two attached hydrogens (primary N) is 1. The lowest BCUT2D eigenvalue weighted by Gasteiger charge is -2.21. The van der Waals surface area contributed by atoms with Gasteiger partial charge >= 0.3 is 0 Å². The van der Waals surface area contributed by atoms with E-state index in [2.05, 4.69) is 16.5 Å². The van der Waals surface area contributed by atoms with E-state index in [4.69, 9.17) is 5.73 Å². The molecule has 1 fully saturated rings. The maximum atomic E-state index is 12.4. The van der Waals surface area contributed by atoms with Crippen LogP contribution in [0.15, 0.2) is 42.6 Å². The van der Waals surface area contributed by atoms with Crippen molar-refractivity contribution in [3.8, 4) is 6.19 Å². The Balaban J connectivity index is 1.85. The molecule has 3 rings (SSSR count). The number of amides is 1. The number of rotatable bonds is 3. The second-order valence-electron chi connectivity index (χ2n) is 5.46. The van der Waals surface area contributed by atoms with Gasteiger partial charge in [-0.2, -0.15) is 5.26 Å². The highest BCUT2D eigenvalue weighted by atomic mass is 16.1. The van der Waals surface area contributed by atoms with Crippen molar-refractivity contribution in [2.45, 2.75) is 18.9 Å². The number of hydrogen-bond donors (Lipinski definition) is 2. The van der Waals surface area contributed by atoms with Crippen LogP contribution in [0.4, 0.5) is 11.5 Å². The third-order valence-corrected chi connectivity index (χ3v) is 4.00. The lowest BCUT2D eigenvalue weighted by molar-refractivity contribution is 0.102. The Bertz CT molecular complexity index is 753. The third kappa shape index (κ3) is 3.09. The van der Waals surface area contributed by atoms with E-state index >= 15 is 0 Å². The summed E-state index contributed by atoms with van der Waals surface area (Å²) in [4.78, 5) is 18.2. The van der Waals surface area contributed by atoms with Gasteiger partial charge in [0.2, 0.25) is 0 Å². The second-order valence-corrected chi connectivity index (χ2v) is 5.46. The summed E-state index contributed by atoms with van der Waals surface area (Å²) < 4.78 is 0. The van der Waals surface area contributed by atoms with Crippen molar-refractivity contribution in [2.75, 3.05) is 17.6 Å². The number of anilines is 2. The Morgan fingerprint density at radius 1 is 1.39 bits per heavy atom. The first kappa shape index (κ1) is 14.9. The van der Waals surface area contributed by atoms with E-state index in [9.17, 15) is 10.1 Å². The van der Waals surface area contributed by atoms with Crippen LogP contribution in [0.25, 0.3) is 0 Å². The van der Waals surface area contributed by atoms with Crippen molar-refractivity contribution in [3.05, 3.63) is 53.7 Å². The standard InChI is InChI=1S/C17H17N5O/c18-11-22-9-3-4-15(22)13-10-12(6-7-14(13)19)17(23)21-16-5-1-2-8-20-16/h1-2,5-8,10,15H,3-4,9,19H2,(H,20,21,23)/t15-/m0/s1. The molecule has 1 atom stereocenters. The number of nitrogen functional groups attached to an aromatic ring is 1. The van der Waals surface area contributed by atoms with Crippen LogP contribution in [0.5, 0.6) is 0 Å². The van der Waals surface area contributed by atoms with Crippen LogP contribution >= 0.6 is 0 Å². The monoisotopic (exact) mass is 307 g/mol.